The Kier molecular flexibility index (Phi) is 8.44. The van der Waals surface area contributed by atoms with Crippen molar-refractivity contribution >= 4 is 56.1 Å². The average molecular weight is 816 g/mol. The molecule has 0 saturated heterocycles. The molecule has 0 aliphatic carbocycles. The normalized spacial score (nSPS) is 11.8. The van der Waals surface area contributed by atoms with Crippen molar-refractivity contribution in [3.63, 3.8) is 0 Å². The van der Waals surface area contributed by atoms with Gasteiger partial charge in [-0.05, 0) is 75.7 Å². The van der Waals surface area contributed by atoms with E-state index in [1.165, 1.54) is 16.9 Å². The summed E-state index contributed by atoms with van der Waals surface area (Å²) in [5.74, 6) is -1.04. The summed E-state index contributed by atoms with van der Waals surface area (Å²) in [6.45, 7) is 6.47. The number of carbonyl (C=O) groups is 2. The van der Waals surface area contributed by atoms with Gasteiger partial charge in [-0.1, -0.05) is 74.4 Å². The second-order valence-electron chi connectivity index (χ2n) is 14.7. The maximum Gasteiger partial charge on any atom is 2.00 e. The smallest absolute Gasteiger partial charge is 0.478 e. The van der Waals surface area contributed by atoms with E-state index in [1.807, 2.05) is 54.6 Å². The van der Waals surface area contributed by atoms with Crippen LogP contribution < -0.4 is 19.5 Å². The number of fused-ring (bicyclic) bond motifs is 20. The Morgan fingerprint density at radius 3 is 1.76 bits per heavy atom. The number of aromatic carboxylic acids is 2. The third-order valence-electron chi connectivity index (χ3n) is 9.90. The second kappa shape index (κ2) is 13.5. The van der Waals surface area contributed by atoms with Crippen LogP contribution in [0.2, 0.25) is 0 Å². The van der Waals surface area contributed by atoms with E-state index in [4.69, 9.17) is 44.8 Å². The fourth-order valence-electron chi connectivity index (χ4n) is 7.02. The van der Waals surface area contributed by atoms with E-state index in [-0.39, 0.29) is 53.2 Å². The van der Waals surface area contributed by atoms with Gasteiger partial charge in [-0.3, -0.25) is 0 Å². The van der Waals surface area contributed by atoms with E-state index in [9.17, 15) is 19.8 Å². The van der Waals surface area contributed by atoms with Gasteiger partial charge in [0.15, 0.2) is 5.82 Å². The number of benzene rings is 5. The van der Waals surface area contributed by atoms with Crippen molar-refractivity contribution in [1.82, 2.24) is 40.1 Å². The van der Waals surface area contributed by atoms with Gasteiger partial charge in [-0.25, -0.2) is 14.6 Å². The van der Waals surface area contributed by atoms with Crippen LogP contribution in [0.5, 0.6) is 11.5 Å². The zero-order valence-corrected chi connectivity index (χ0v) is 34.1. The van der Waals surface area contributed by atoms with Crippen molar-refractivity contribution < 1.29 is 48.8 Å². The second-order valence-corrected chi connectivity index (χ2v) is 14.7. The summed E-state index contributed by atoms with van der Waals surface area (Å²) in [5.41, 5.74) is 4.97. The molecule has 0 amide bonds. The van der Waals surface area contributed by atoms with Gasteiger partial charge in [-0.15, -0.1) is 0 Å². The fourth-order valence-corrected chi connectivity index (χ4v) is 7.02. The van der Waals surface area contributed by atoms with Gasteiger partial charge >= 0.3 is 31.4 Å². The van der Waals surface area contributed by atoms with Crippen LogP contribution in [0.3, 0.4) is 0 Å². The first-order valence-electron chi connectivity index (χ1n) is 17.9. The SMILES string of the molecule is CC(C)(C)c1ccc2c3nc4nc(nc5[n-]c(n[n+]6nc(nc([n-]3)c2c1)-c1ccccc1-6)c1cc(Oc2cc(C(=O)O)cc(C(=O)O)c2)ccc51)-c1ccccc1-4.[Zn+2]. The standard InChI is InChI=1S/C43H29N9O5.Zn/c1-43(2,3)23-12-14-28-31(19-23)38-47-36(28)45-34-26-8-4-5-9-27(26)35(44-34)46-37-29-15-13-24(57-25-17-21(41(53)54)16-22(18-25)42(55)56)20-32(29)40(48-37)51-52-33-11-7-6-10-30(33)39(49-38)50-52;/h4-20H,1-3H3,(H3,44,45,46,47,48,49,50,51,53,54,55,56);/q;+2/p-1. The van der Waals surface area contributed by atoms with Crippen LogP contribution in [-0.2, 0) is 24.9 Å². The number of hydrogen-bond donors (Lipinski definition) is 2. The molecule has 2 N–H and O–H groups in total. The zero-order chi connectivity index (χ0) is 39.2. The molecule has 5 aromatic carbocycles. The Bertz CT molecular complexity index is 3210. The van der Waals surface area contributed by atoms with Gasteiger partial charge < -0.3 is 39.9 Å². The Morgan fingerprint density at radius 2 is 1.12 bits per heavy atom. The number of carboxylic acid groups (broad SMARTS) is 2. The van der Waals surface area contributed by atoms with Crippen molar-refractivity contribution in [3.8, 4) is 51.3 Å². The quantitative estimate of drug-likeness (QED) is 0.134. The van der Waals surface area contributed by atoms with E-state index in [2.05, 4.69) is 32.9 Å². The molecule has 8 aromatic rings. The maximum atomic E-state index is 11.8. The number of ether oxygens (including phenoxy) is 1. The Morgan fingerprint density at radius 1 is 0.569 bits per heavy atom. The summed E-state index contributed by atoms with van der Waals surface area (Å²) in [6.07, 6.45) is 0. The molecule has 0 atom stereocenters. The third-order valence-corrected chi connectivity index (χ3v) is 9.90. The first kappa shape index (κ1) is 36.4. The molecule has 5 heterocycles. The fraction of sp³-hybridized carbons (Fsp3) is 0.0930. The van der Waals surface area contributed by atoms with Crippen LogP contribution in [0.4, 0.5) is 0 Å². The number of para-hydroxylation sites is 1. The number of nitrogens with zero attached hydrogens (tertiary/aromatic N) is 9. The molecule has 0 fully saturated rings. The molecule has 3 aromatic heterocycles. The molecule has 2 aliphatic rings. The molecule has 14 nitrogen and oxygen atoms in total. The first-order valence-corrected chi connectivity index (χ1v) is 17.9. The number of rotatable bonds is 4. The van der Waals surface area contributed by atoms with Crippen molar-refractivity contribution in [3.05, 3.63) is 120 Å². The zero-order valence-electron chi connectivity index (χ0n) is 31.2. The minimum Gasteiger partial charge on any atom is -0.478 e. The molecule has 2 aliphatic heterocycles. The Labute approximate surface area is 341 Å². The van der Waals surface area contributed by atoms with Gasteiger partial charge in [0.1, 0.15) is 11.5 Å². The molecule has 0 unspecified atom stereocenters. The van der Waals surface area contributed by atoms with E-state index < -0.39 is 11.9 Å². The largest absolute Gasteiger partial charge is 2.00 e. The monoisotopic (exact) mass is 814 g/mol. The van der Waals surface area contributed by atoms with E-state index in [0.29, 0.717) is 50.9 Å². The van der Waals surface area contributed by atoms with Crippen molar-refractivity contribution in [2.75, 3.05) is 0 Å². The molecular formula is C43H28N9O5Zn+. The first-order chi connectivity index (χ1) is 27.5. The van der Waals surface area contributed by atoms with Crippen molar-refractivity contribution in [2.24, 2.45) is 0 Å². The molecule has 276 valence electrons. The van der Waals surface area contributed by atoms with Gasteiger partial charge in [0.05, 0.1) is 34.0 Å². The molecule has 0 radical (unpaired) electrons. The molecule has 10 rings (SSSR count). The van der Waals surface area contributed by atoms with E-state index >= 15 is 0 Å². The third kappa shape index (κ3) is 6.12. The van der Waals surface area contributed by atoms with Gasteiger partial charge in [0.2, 0.25) is 0 Å². The summed E-state index contributed by atoms with van der Waals surface area (Å²) >= 11 is 0. The topological polar surface area (TPSA) is 193 Å². The van der Waals surface area contributed by atoms with Crippen molar-refractivity contribution in [2.45, 2.75) is 26.2 Å². The molecule has 8 bridgehead atoms. The average Bonchev–Trinajstić information content (AvgIpc) is 3.92. The number of carboxylic acids is 2. The van der Waals surface area contributed by atoms with E-state index in [1.54, 1.807) is 18.2 Å². The predicted octanol–water partition coefficient (Wildman–Crippen LogP) is 7.22. The summed E-state index contributed by atoms with van der Waals surface area (Å²) < 4.78 is 6.07. The summed E-state index contributed by atoms with van der Waals surface area (Å²) in [5, 5.41) is 31.8. The van der Waals surface area contributed by atoms with Gasteiger partial charge in [0, 0.05) is 49.4 Å². The molecular weight excluding hydrogens is 788 g/mol. The molecule has 15 heteroatoms. The van der Waals surface area contributed by atoms with Crippen molar-refractivity contribution in [1.29, 1.82) is 0 Å². The van der Waals surface area contributed by atoms with Crippen LogP contribution in [-0.4, -0.2) is 52.3 Å². The Hall–Kier alpha value is -7.25. The van der Waals surface area contributed by atoms with Crippen LogP contribution in [0.25, 0.3) is 84.0 Å². The minimum absolute atomic E-state index is 0. The number of aromatic nitrogens is 9. The number of hydrogen-bond acceptors (Lipinski definition) is 9. The van der Waals surface area contributed by atoms with Crippen LogP contribution in [0, 0.1) is 0 Å². The van der Waals surface area contributed by atoms with E-state index in [0.717, 1.165) is 39.1 Å². The minimum atomic E-state index is -1.29. The van der Waals surface area contributed by atoms with Crippen LogP contribution in [0.1, 0.15) is 47.1 Å². The molecule has 0 spiro atoms. The van der Waals surface area contributed by atoms with Crippen LogP contribution in [0.15, 0.2) is 103 Å². The summed E-state index contributed by atoms with van der Waals surface area (Å²) in [4.78, 5) is 54.9. The molecule has 58 heavy (non-hydrogen) atoms. The van der Waals surface area contributed by atoms with Gasteiger partial charge in [-0.2, -0.15) is 0 Å². The molecule has 0 saturated carbocycles. The maximum absolute atomic E-state index is 11.8. The summed E-state index contributed by atoms with van der Waals surface area (Å²) in [6, 6.07) is 30.2. The Balaban J connectivity index is 0.00000436. The van der Waals surface area contributed by atoms with Crippen LogP contribution >= 0.6 is 0 Å². The predicted molar refractivity (Wildman–Crippen MR) is 209 cm³/mol. The summed E-state index contributed by atoms with van der Waals surface area (Å²) in [7, 11) is 0. The van der Waals surface area contributed by atoms with Gasteiger partial charge in [0.25, 0.3) is 5.69 Å².